The van der Waals surface area contributed by atoms with Crippen LogP contribution in [0.5, 0.6) is 5.95 Å². The Morgan fingerprint density at radius 2 is 1.68 bits per heavy atom. The molecule has 1 aromatic heterocycles. The van der Waals surface area contributed by atoms with Gasteiger partial charge in [-0.05, 0) is 47.4 Å². The Labute approximate surface area is 221 Å². The molecule has 0 unspecified atom stereocenters. The summed E-state index contributed by atoms with van der Waals surface area (Å²) in [4.78, 5) is 7.87. The molecule has 4 aromatic carbocycles. The average molecular weight is 526 g/mol. The van der Waals surface area contributed by atoms with E-state index < -0.39 is 16.1 Å². The molecule has 2 heterocycles. The van der Waals surface area contributed by atoms with Crippen molar-refractivity contribution in [1.82, 2.24) is 14.8 Å². The number of rotatable bonds is 6. The van der Waals surface area contributed by atoms with Gasteiger partial charge < -0.3 is 9.15 Å². The molecular formula is C30H27N3O4S. The molecule has 192 valence electrons. The van der Waals surface area contributed by atoms with Gasteiger partial charge in [-0.2, -0.15) is 0 Å². The first kappa shape index (κ1) is 24.4. The second kappa shape index (κ2) is 9.72. The molecular weight excluding hydrogens is 498 g/mol. The van der Waals surface area contributed by atoms with E-state index in [0.29, 0.717) is 24.6 Å². The summed E-state index contributed by atoms with van der Waals surface area (Å²) in [5.74, 6) is 0.629. The first-order valence-corrected chi connectivity index (χ1v) is 13.9. The first-order chi connectivity index (χ1) is 18.4. The Morgan fingerprint density at radius 1 is 0.947 bits per heavy atom. The van der Waals surface area contributed by atoms with Crippen molar-refractivity contribution in [2.24, 2.45) is 0 Å². The van der Waals surface area contributed by atoms with E-state index >= 15 is 0 Å². The minimum absolute atomic E-state index is 0.195. The van der Waals surface area contributed by atoms with E-state index in [1.165, 1.54) is 7.11 Å². The van der Waals surface area contributed by atoms with Gasteiger partial charge in [-0.3, -0.25) is 0 Å². The Balaban J connectivity index is 1.49. The fourth-order valence-electron chi connectivity index (χ4n) is 5.06. The van der Waals surface area contributed by atoms with Crippen LogP contribution in [0.1, 0.15) is 28.6 Å². The minimum atomic E-state index is -3.85. The maximum Gasteiger partial charge on any atom is 0.313 e. The molecule has 0 aliphatic carbocycles. The fourth-order valence-corrected chi connectivity index (χ4v) is 6.17. The number of hydrogen-bond donors (Lipinski definition) is 1. The molecule has 0 fully saturated rings. The fraction of sp³-hybridized carbons (Fsp3) is 0.167. The van der Waals surface area contributed by atoms with Gasteiger partial charge in [-0.15, -0.1) is 4.83 Å². The summed E-state index contributed by atoms with van der Waals surface area (Å²) in [6, 6.07) is 28.1. The molecule has 7 nitrogen and oxygen atoms in total. The SMILES string of the molecule is COc1oc([C@H]2c3ccc4ccccc4c3CCN2NS(=O)(=O)c2ccc(C)cc2)nc1-c1ccccc1. The summed E-state index contributed by atoms with van der Waals surface area (Å²) in [6.07, 6.45) is 0.660. The number of hydrazine groups is 1. The highest BCUT2D eigenvalue weighted by atomic mass is 32.2. The van der Waals surface area contributed by atoms with E-state index in [0.717, 1.165) is 33.0 Å². The normalized spacial score (nSPS) is 15.9. The van der Waals surface area contributed by atoms with Crippen LogP contribution < -0.4 is 9.57 Å². The van der Waals surface area contributed by atoms with Crippen LogP contribution in [0.2, 0.25) is 0 Å². The molecule has 1 N–H and O–H groups in total. The van der Waals surface area contributed by atoms with Gasteiger partial charge in [0.25, 0.3) is 10.0 Å². The molecule has 5 aromatic rings. The molecule has 0 radical (unpaired) electrons. The number of benzene rings is 4. The average Bonchev–Trinajstić information content (AvgIpc) is 3.37. The van der Waals surface area contributed by atoms with Crippen molar-refractivity contribution in [2.75, 3.05) is 13.7 Å². The summed E-state index contributed by atoms with van der Waals surface area (Å²) in [7, 11) is -2.31. The molecule has 8 heteroatoms. The number of ether oxygens (including phenoxy) is 1. The number of hydrogen-bond acceptors (Lipinski definition) is 6. The molecule has 38 heavy (non-hydrogen) atoms. The van der Waals surface area contributed by atoms with Crippen molar-refractivity contribution < 1.29 is 17.6 Å². The summed E-state index contributed by atoms with van der Waals surface area (Å²) >= 11 is 0. The minimum Gasteiger partial charge on any atom is -0.467 e. The van der Waals surface area contributed by atoms with Crippen molar-refractivity contribution >= 4 is 20.8 Å². The lowest BCUT2D eigenvalue weighted by atomic mass is 9.89. The lowest BCUT2D eigenvalue weighted by molar-refractivity contribution is 0.153. The second-order valence-corrected chi connectivity index (χ2v) is 11.0. The summed E-state index contributed by atoms with van der Waals surface area (Å²) in [5.41, 5.74) is 4.49. The monoisotopic (exact) mass is 525 g/mol. The Morgan fingerprint density at radius 3 is 2.45 bits per heavy atom. The van der Waals surface area contributed by atoms with Crippen molar-refractivity contribution in [3.63, 3.8) is 0 Å². The Hall–Kier alpha value is -3.98. The molecule has 0 saturated heterocycles. The van der Waals surface area contributed by atoms with Crippen molar-refractivity contribution in [2.45, 2.75) is 24.3 Å². The zero-order valence-corrected chi connectivity index (χ0v) is 21.9. The molecule has 6 rings (SSSR count). The van der Waals surface area contributed by atoms with E-state index in [9.17, 15) is 8.42 Å². The molecule has 0 spiro atoms. The van der Waals surface area contributed by atoms with Crippen LogP contribution in [0, 0.1) is 6.92 Å². The topological polar surface area (TPSA) is 84.7 Å². The number of nitrogens with zero attached hydrogens (tertiary/aromatic N) is 2. The van der Waals surface area contributed by atoms with Crippen molar-refractivity contribution in [3.05, 3.63) is 114 Å². The van der Waals surface area contributed by atoms with Crippen molar-refractivity contribution in [3.8, 4) is 17.2 Å². The van der Waals surface area contributed by atoms with Crippen LogP contribution >= 0.6 is 0 Å². The van der Waals surface area contributed by atoms with Gasteiger partial charge in [0, 0.05) is 12.1 Å². The number of fused-ring (bicyclic) bond motifs is 3. The van der Waals surface area contributed by atoms with Crippen LogP contribution in [-0.4, -0.2) is 32.1 Å². The zero-order chi connectivity index (χ0) is 26.3. The summed E-state index contributed by atoms with van der Waals surface area (Å²) in [5, 5.41) is 3.97. The van der Waals surface area contributed by atoms with Crippen LogP contribution in [0.4, 0.5) is 0 Å². The van der Waals surface area contributed by atoms with Crippen molar-refractivity contribution in [1.29, 1.82) is 0 Å². The predicted molar refractivity (Wildman–Crippen MR) is 146 cm³/mol. The second-order valence-electron chi connectivity index (χ2n) is 9.37. The van der Waals surface area contributed by atoms with Gasteiger partial charge in [0.05, 0.1) is 12.0 Å². The largest absolute Gasteiger partial charge is 0.467 e. The Bertz CT molecular complexity index is 1710. The number of aromatic nitrogens is 1. The predicted octanol–water partition coefficient (Wildman–Crippen LogP) is 5.65. The lowest BCUT2D eigenvalue weighted by Gasteiger charge is -2.35. The number of nitrogens with one attached hydrogen (secondary N) is 1. The van der Waals surface area contributed by atoms with Gasteiger partial charge in [0.1, 0.15) is 6.04 Å². The van der Waals surface area contributed by atoms with E-state index in [1.54, 1.807) is 29.3 Å². The molecule has 1 atom stereocenters. The Kier molecular flexibility index (Phi) is 6.23. The quantitative estimate of drug-likeness (QED) is 0.308. The van der Waals surface area contributed by atoms with Gasteiger partial charge in [0.15, 0.2) is 5.69 Å². The third-order valence-corrected chi connectivity index (χ3v) is 8.30. The van der Waals surface area contributed by atoms with Crippen LogP contribution in [0.15, 0.2) is 100 Å². The lowest BCUT2D eigenvalue weighted by Crippen LogP contribution is -2.48. The zero-order valence-electron chi connectivity index (χ0n) is 21.1. The third-order valence-electron chi connectivity index (χ3n) is 6.93. The molecule has 1 aliphatic rings. The number of sulfonamides is 1. The maximum atomic E-state index is 13.4. The molecule has 1 aliphatic heterocycles. The van der Waals surface area contributed by atoms with Gasteiger partial charge in [-0.1, -0.05) is 84.4 Å². The third kappa shape index (κ3) is 4.36. The van der Waals surface area contributed by atoms with Crippen LogP contribution in [-0.2, 0) is 16.4 Å². The smallest absolute Gasteiger partial charge is 0.313 e. The highest BCUT2D eigenvalue weighted by molar-refractivity contribution is 7.89. The van der Waals surface area contributed by atoms with Gasteiger partial charge in [0.2, 0.25) is 5.89 Å². The molecule has 0 saturated carbocycles. The van der Waals surface area contributed by atoms with Gasteiger partial charge >= 0.3 is 5.95 Å². The van der Waals surface area contributed by atoms with E-state index in [4.69, 9.17) is 14.1 Å². The highest BCUT2D eigenvalue weighted by Crippen LogP contribution is 2.41. The number of methoxy groups -OCH3 is 1. The van der Waals surface area contributed by atoms with Crippen LogP contribution in [0.3, 0.4) is 0 Å². The summed E-state index contributed by atoms with van der Waals surface area (Å²) < 4.78 is 38.6. The van der Waals surface area contributed by atoms with E-state index in [2.05, 4.69) is 23.0 Å². The van der Waals surface area contributed by atoms with Crippen LogP contribution in [0.25, 0.3) is 22.0 Å². The maximum absolute atomic E-state index is 13.4. The molecule has 0 bridgehead atoms. The van der Waals surface area contributed by atoms with Gasteiger partial charge in [-0.25, -0.2) is 18.4 Å². The van der Waals surface area contributed by atoms with E-state index in [1.807, 2.05) is 55.5 Å². The highest BCUT2D eigenvalue weighted by Gasteiger charge is 2.37. The molecule has 0 amide bonds. The standard InChI is InChI=1S/C30H27N3O4S/c1-20-12-15-23(16-13-20)38(34,35)32-33-19-18-25-24-11-7-6-8-21(24)14-17-26(25)28(33)29-31-27(30(36-2)37-29)22-9-4-3-5-10-22/h3-17,28,32H,18-19H2,1-2H3/t28-/m1/s1. The number of oxazole rings is 1. The first-order valence-electron chi connectivity index (χ1n) is 12.4. The summed E-state index contributed by atoms with van der Waals surface area (Å²) in [6.45, 7) is 2.36. The van der Waals surface area contributed by atoms with E-state index in [-0.39, 0.29) is 10.8 Å². The number of aryl methyl sites for hydroxylation is 1.